The van der Waals surface area contributed by atoms with Gasteiger partial charge in [0.15, 0.2) is 5.82 Å². The van der Waals surface area contributed by atoms with E-state index in [1.165, 1.54) is 36.4 Å². The fourth-order valence-corrected chi connectivity index (χ4v) is 3.04. The molecule has 0 fully saturated rings. The second-order valence-corrected chi connectivity index (χ2v) is 7.46. The molecule has 0 saturated heterocycles. The summed E-state index contributed by atoms with van der Waals surface area (Å²) >= 11 is 5.77. The minimum atomic E-state index is -5.02. The number of halogens is 5. The topological polar surface area (TPSA) is 78.0 Å². The summed E-state index contributed by atoms with van der Waals surface area (Å²) in [5.74, 6) is -1.56. The summed E-state index contributed by atoms with van der Waals surface area (Å²) < 4.78 is 77.3. The molecule has 0 bridgehead atoms. The van der Waals surface area contributed by atoms with Crippen LogP contribution in [0.2, 0.25) is 5.02 Å². The van der Waals surface area contributed by atoms with Crippen LogP contribution in [0.3, 0.4) is 0 Å². The molecule has 0 radical (unpaired) electrons. The Morgan fingerprint density at radius 1 is 1.00 bits per heavy atom. The number of alkyl halides is 3. The van der Waals surface area contributed by atoms with E-state index in [-0.39, 0.29) is 16.1 Å². The van der Waals surface area contributed by atoms with Crippen LogP contribution in [0.25, 0.3) is 16.9 Å². The molecule has 1 heterocycles. The molecule has 0 aliphatic heterocycles. The highest BCUT2D eigenvalue weighted by atomic mass is 35.5. The number of primary sulfonamides is 1. The number of aromatic nitrogens is 2. The first-order chi connectivity index (χ1) is 12.5. The van der Waals surface area contributed by atoms with Gasteiger partial charge < -0.3 is 0 Å². The van der Waals surface area contributed by atoms with E-state index < -0.39 is 33.4 Å². The molecular weight excluding hydrogens is 410 g/mol. The molecule has 0 saturated carbocycles. The number of rotatable bonds is 3. The Labute approximate surface area is 156 Å². The van der Waals surface area contributed by atoms with E-state index in [0.29, 0.717) is 5.02 Å². The molecule has 0 spiro atoms. The van der Waals surface area contributed by atoms with Gasteiger partial charge >= 0.3 is 6.18 Å². The summed E-state index contributed by atoms with van der Waals surface area (Å²) in [4.78, 5) is -0.247. The molecule has 0 amide bonds. The van der Waals surface area contributed by atoms with Crippen molar-refractivity contribution >= 4 is 21.6 Å². The van der Waals surface area contributed by atoms with E-state index >= 15 is 0 Å². The number of nitrogens with zero attached hydrogens (tertiary/aromatic N) is 2. The van der Waals surface area contributed by atoms with E-state index in [0.717, 1.165) is 16.8 Å². The smallest absolute Gasteiger partial charge is 0.229 e. The van der Waals surface area contributed by atoms with Crippen molar-refractivity contribution in [1.82, 2.24) is 9.78 Å². The van der Waals surface area contributed by atoms with Crippen molar-refractivity contribution in [3.05, 3.63) is 65.1 Å². The van der Waals surface area contributed by atoms with Crippen molar-refractivity contribution < 1.29 is 26.0 Å². The third-order valence-corrected chi connectivity index (χ3v) is 4.80. The third-order valence-electron chi connectivity index (χ3n) is 3.62. The number of benzene rings is 2. The lowest BCUT2D eigenvalue weighted by Crippen LogP contribution is -2.12. The molecule has 2 N–H and O–H groups in total. The van der Waals surface area contributed by atoms with Crippen molar-refractivity contribution in [3.63, 3.8) is 0 Å². The van der Waals surface area contributed by atoms with Gasteiger partial charge in [0, 0.05) is 10.6 Å². The van der Waals surface area contributed by atoms with Gasteiger partial charge in [0.2, 0.25) is 15.7 Å². The van der Waals surface area contributed by atoms with Crippen LogP contribution in [0.15, 0.2) is 53.4 Å². The maximum atomic E-state index is 14.6. The first kappa shape index (κ1) is 19.3. The SMILES string of the molecule is NS(=O)(=O)c1ccc(-n2nc(C(F)(F)F)c(F)c2-c2ccc(Cl)cc2)cc1. The highest BCUT2D eigenvalue weighted by molar-refractivity contribution is 7.89. The zero-order chi connectivity index (χ0) is 20.0. The van der Waals surface area contributed by atoms with Gasteiger partial charge in [-0.2, -0.15) is 18.3 Å². The molecule has 27 heavy (non-hydrogen) atoms. The lowest BCUT2D eigenvalue weighted by atomic mass is 10.1. The average Bonchev–Trinajstić information content (AvgIpc) is 2.92. The molecular formula is C16H10ClF4N3O2S. The average molecular weight is 420 g/mol. The first-order valence-corrected chi connectivity index (χ1v) is 9.16. The largest absolute Gasteiger partial charge is 0.438 e. The summed E-state index contributed by atoms with van der Waals surface area (Å²) in [7, 11) is -3.99. The fourth-order valence-electron chi connectivity index (χ4n) is 2.40. The molecule has 142 valence electrons. The monoisotopic (exact) mass is 419 g/mol. The van der Waals surface area contributed by atoms with Crippen LogP contribution in [0, 0.1) is 5.82 Å². The standard InChI is InChI=1S/C16H10ClF4N3O2S/c17-10-3-1-9(2-4-10)14-13(18)15(16(19,20)21)23-24(14)11-5-7-12(8-6-11)27(22,25)26/h1-8H,(H2,22,25,26). The molecule has 3 aromatic rings. The zero-order valence-electron chi connectivity index (χ0n) is 13.2. The van der Waals surface area contributed by atoms with Gasteiger partial charge in [-0.15, -0.1) is 0 Å². The Balaban J connectivity index is 2.24. The van der Waals surface area contributed by atoms with Gasteiger partial charge in [0.1, 0.15) is 5.69 Å². The predicted octanol–water partition coefficient (Wildman–Crippen LogP) is 4.00. The van der Waals surface area contributed by atoms with Crippen LogP contribution in [-0.4, -0.2) is 18.2 Å². The van der Waals surface area contributed by atoms with Crippen LogP contribution in [0.5, 0.6) is 0 Å². The predicted molar refractivity (Wildman–Crippen MR) is 90.3 cm³/mol. The quantitative estimate of drug-likeness (QED) is 0.652. The molecule has 1 aromatic heterocycles. The van der Waals surface area contributed by atoms with Crippen LogP contribution < -0.4 is 5.14 Å². The summed E-state index contributed by atoms with van der Waals surface area (Å²) in [5, 5.41) is 8.66. The Hall–Kier alpha value is -2.43. The molecule has 0 atom stereocenters. The molecule has 2 aromatic carbocycles. The Bertz CT molecular complexity index is 1090. The maximum Gasteiger partial charge on any atom is 0.438 e. The summed E-state index contributed by atoms with van der Waals surface area (Å²) in [5.41, 5.74) is -2.01. The first-order valence-electron chi connectivity index (χ1n) is 7.23. The van der Waals surface area contributed by atoms with Crippen molar-refractivity contribution in [2.75, 3.05) is 0 Å². The van der Waals surface area contributed by atoms with E-state index in [4.69, 9.17) is 16.7 Å². The lowest BCUT2D eigenvalue weighted by Gasteiger charge is -2.08. The Morgan fingerprint density at radius 2 is 1.56 bits per heavy atom. The minimum absolute atomic E-state index is 0.0155. The molecule has 0 unspecified atom stereocenters. The van der Waals surface area contributed by atoms with Crippen molar-refractivity contribution in [2.24, 2.45) is 5.14 Å². The van der Waals surface area contributed by atoms with E-state index in [1.807, 2.05) is 0 Å². The van der Waals surface area contributed by atoms with Gasteiger partial charge in [0.25, 0.3) is 0 Å². The van der Waals surface area contributed by atoms with Gasteiger partial charge in [-0.3, -0.25) is 0 Å². The molecule has 11 heteroatoms. The molecule has 0 aliphatic carbocycles. The Kier molecular flexibility index (Phi) is 4.74. The van der Waals surface area contributed by atoms with Crippen molar-refractivity contribution in [1.29, 1.82) is 0 Å². The van der Waals surface area contributed by atoms with E-state index in [9.17, 15) is 26.0 Å². The molecule has 5 nitrogen and oxygen atoms in total. The minimum Gasteiger partial charge on any atom is -0.229 e. The summed E-state index contributed by atoms with van der Waals surface area (Å²) in [6.45, 7) is 0. The molecule has 0 aliphatic rings. The lowest BCUT2D eigenvalue weighted by molar-refractivity contribution is -0.143. The van der Waals surface area contributed by atoms with Gasteiger partial charge in [-0.05, 0) is 36.4 Å². The van der Waals surface area contributed by atoms with Gasteiger partial charge in [-0.1, -0.05) is 23.7 Å². The fraction of sp³-hybridized carbons (Fsp3) is 0.0625. The van der Waals surface area contributed by atoms with Crippen LogP contribution in [0.1, 0.15) is 5.69 Å². The van der Waals surface area contributed by atoms with Gasteiger partial charge in [0.05, 0.1) is 10.6 Å². The van der Waals surface area contributed by atoms with E-state index in [1.54, 1.807) is 0 Å². The highest BCUT2D eigenvalue weighted by Crippen LogP contribution is 2.36. The van der Waals surface area contributed by atoms with Crippen molar-refractivity contribution in [2.45, 2.75) is 11.1 Å². The third kappa shape index (κ3) is 3.82. The van der Waals surface area contributed by atoms with Gasteiger partial charge in [-0.25, -0.2) is 22.6 Å². The highest BCUT2D eigenvalue weighted by Gasteiger charge is 2.40. The number of nitrogens with two attached hydrogens (primary N) is 1. The normalized spacial score (nSPS) is 12.4. The van der Waals surface area contributed by atoms with Crippen LogP contribution in [-0.2, 0) is 16.2 Å². The maximum absolute atomic E-state index is 14.6. The molecule has 3 rings (SSSR count). The van der Waals surface area contributed by atoms with Crippen LogP contribution >= 0.6 is 11.6 Å². The number of hydrogen-bond acceptors (Lipinski definition) is 3. The van der Waals surface area contributed by atoms with Crippen LogP contribution in [0.4, 0.5) is 17.6 Å². The van der Waals surface area contributed by atoms with E-state index in [2.05, 4.69) is 5.10 Å². The second-order valence-electron chi connectivity index (χ2n) is 5.47. The summed E-state index contributed by atoms with van der Waals surface area (Å²) in [6.07, 6.45) is -5.02. The zero-order valence-corrected chi connectivity index (χ0v) is 14.8. The summed E-state index contributed by atoms with van der Waals surface area (Å²) in [6, 6.07) is 10.00. The number of hydrogen-bond donors (Lipinski definition) is 1. The second kappa shape index (κ2) is 6.63. The number of sulfonamides is 1. The Morgan fingerprint density at radius 3 is 2.04 bits per heavy atom. The van der Waals surface area contributed by atoms with Crippen molar-refractivity contribution in [3.8, 4) is 16.9 Å².